The summed E-state index contributed by atoms with van der Waals surface area (Å²) in [7, 11) is -3.82. The van der Waals surface area contributed by atoms with Crippen LogP contribution in [0.4, 0.5) is 8.78 Å². The van der Waals surface area contributed by atoms with E-state index in [4.69, 9.17) is 0 Å². The van der Waals surface area contributed by atoms with E-state index in [-0.39, 0.29) is 10.8 Å². The molecule has 1 heterocycles. The van der Waals surface area contributed by atoms with E-state index in [1.807, 2.05) is 0 Å². The molecule has 2 rings (SSSR count). The second-order valence-electron chi connectivity index (χ2n) is 4.18. The molecule has 21 heavy (non-hydrogen) atoms. The van der Waals surface area contributed by atoms with E-state index >= 15 is 0 Å². The number of alkyl halides is 2. The zero-order valence-electron chi connectivity index (χ0n) is 11.0. The number of hydrogen-bond acceptors (Lipinski definition) is 4. The predicted octanol–water partition coefficient (Wildman–Crippen LogP) is 2.05. The first-order valence-electron chi connectivity index (χ1n) is 5.95. The average Bonchev–Trinajstić information content (AvgIpc) is 2.92. The summed E-state index contributed by atoms with van der Waals surface area (Å²) in [5, 5.41) is 5.78. The maximum Gasteiger partial charge on any atom is 0.387 e. The molecule has 0 aliphatic carbocycles. The average molecular weight is 317 g/mol. The molecule has 0 aliphatic rings. The zero-order valence-corrected chi connectivity index (χ0v) is 11.8. The number of ether oxygens (including phenoxy) is 1. The van der Waals surface area contributed by atoms with Crippen LogP contribution < -0.4 is 9.46 Å². The summed E-state index contributed by atoms with van der Waals surface area (Å²) in [4.78, 5) is 0. The highest BCUT2D eigenvalue weighted by Gasteiger charge is 2.22. The van der Waals surface area contributed by atoms with Crippen LogP contribution in [0, 0.1) is 0 Å². The van der Waals surface area contributed by atoms with Gasteiger partial charge in [0, 0.05) is 11.6 Å². The van der Waals surface area contributed by atoms with Crippen LogP contribution in [0.15, 0.2) is 41.6 Å². The molecular weight excluding hydrogens is 304 g/mol. The van der Waals surface area contributed by atoms with E-state index in [0.29, 0.717) is 5.56 Å². The van der Waals surface area contributed by atoms with Crippen LogP contribution in [-0.2, 0) is 10.0 Å². The van der Waals surface area contributed by atoms with Crippen molar-refractivity contribution >= 4 is 10.0 Å². The van der Waals surface area contributed by atoms with Crippen LogP contribution in [0.25, 0.3) is 0 Å². The Kier molecular flexibility index (Phi) is 4.53. The van der Waals surface area contributed by atoms with Gasteiger partial charge in [0.05, 0.1) is 6.20 Å². The Hall–Kier alpha value is -2.00. The van der Waals surface area contributed by atoms with Crippen LogP contribution in [0.3, 0.4) is 0 Å². The van der Waals surface area contributed by atoms with Crippen molar-refractivity contribution in [2.24, 2.45) is 0 Å². The number of nitrogens with zero attached hydrogens (tertiary/aromatic N) is 1. The van der Waals surface area contributed by atoms with E-state index in [1.54, 1.807) is 6.07 Å². The first-order valence-corrected chi connectivity index (χ1v) is 7.44. The molecular formula is C12H13F2N3O3S. The number of rotatable bonds is 6. The minimum atomic E-state index is -3.82. The lowest BCUT2D eigenvalue weighted by atomic mass is 10.1. The number of aromatic nitrogens is 2. The van der Waals surface area contributed by atoms with Gasteiger partial charge >= 0.3 is 6.61 Å². The third-order valence-electron chi connectivity index (χ3n) is 2.70. The smallest absolute Gasteiger partial charge is 0.387 e. The number of para-hydroxylation sites is 1. The normalized spacial score (nSPS) is 13.3. The van der Waals surface area contributed by atoms with E-state index in [0.717, 1.165) is 0 Å². The Balaban J connectivity index is 2.23. The number of H-pyrrole nitrogens is 1. The largest absolute Gasteiger partial charge is 0.434 e. The highest BCUT2D eigenvalue weighted by molar-refractivity contribution is 7.89. The van der Waals surface area contributed by atoms with Gasteiger partial charge in [-0.05, 0) is 19.1 Å². The molecule has 0 bridgehead atoms. The fourth-order valence-electron chi connectivity index (χ4n) is 1.79. The molecule has 0 aliphatic heterocycles. The Bertz CT molecular complexity index is 690. The van der Waals surface area contributed by atoms with Crippen LogP contribution in [0.5, 0.6) is 5.75 Å². The maximum absolute atomic E-state index is 12.4. The molecule has 1 unspecified atom stereocenters. The van der Waals surface area contributed by atoms with Crippen molar-refractivity contribution in [1.29, 1.82) is 0 Å². The standard InChI is InChI=1S/C12H13F2N3O3S/c1-8(17-21(18,19)11-6-7-15-16-11)9-4-2-3-5-10(9)20-12(13)14/h2-8,12,17H,1H3,(H,15,16). The Labute approximate surface area is 120 Å². The summed E-state index contributed by atoms with van der Waals surface area (Å²) in [6, 6.07) is 6.52. The Morgan fingerprint density at radius 3 is 2.62 bits per heavy atom. The van der Waals surface area contributed by atoms with Gasteiger partial charge in [-0.3, -0.25) is 5.10 Å². The molecule has 0 saturated carbocycles. The summed E-state index contributed by atoms with van der Waals surface area (Å²) in [6.45, 7) is -1.45. The highest BCUT2D eigenvalue weighted by Crippen LogP contribution is 2.27. The fraction of sp³-hybridized carbons (Fsp3) is 0.250. The molecule has 1 aromatic carbocycles. The quantitative estimate of drug-likeness (QED) is 0.854. The van der Waals surface area contributed by atoms with Crippen molar-refractivity contribution in [2.45, 2.75) is 24.6 Å². The van der Waals surface area contributed by atoms with Crippen molar-refractivity contribution in [1.82, 2.24) is 14.9 Å². The second-order valence-corrected chi connectivity index (χ2v) is 5.86. The first kappa shape index (κ1) is 15.4. The molecule has 1 atom stereocenters. The monoisotopic (exact) mass is 317 g/mol. The van der Waals surface area contributed by atoms with Crippen LogP contribution in [0.1, 0.15) is 18.5 Å². The van der Waals surface area contributed by atoms with Gasteiger partial charge in [0.2, 0.25) is 0 Å². The fourth-order valence-corrected chi connectivity index (χ4v) is 2.93. The van der Waals surface area contributed by atoms with Gasteiger partial charge in [0.15, 0.2) is 5.03 Å². The van der Waals surface area contributed by atoms with Crippen LogP contribution in [0.2, 0.25) is 0 Å². The number of hydrogen-bond donors (Lipinski definition) is 2. The summed E-state index contributed by atoms with van der Waals surface area (Å²) in [5.74, 6) is -0.0766. The number of benzene rings is 1. The van der Waals surface area contributed by atoms with Crippen molar-refractivity contribution < 1.29 is 21.9 Å². The lowest BCUT2D eigenvalue weighted by Gasteiger charge is -2.17. The van der Waals surface area contributed by atoms with Gasteiger partial charge < -0.3 is 4.74 Å². The van der Waals surface area contributed by atoms with Gasteiger partial charge in [-0.2, -0.15) is 13.9 Å². The number of sulfonamides is 1. The highest BCUT2D eigenvalue weighted by atomic mass is 32.2. The molecule has 0 spiro atoms. The molecule has 2 aromatic rings. The molecule has 2 N–H and O–H groups in total. The lowest BCUT2D eigenvalue weighted by Crippen LogP contribution is -2.27. The molecule has 6 nitrogen and oxygen atoms in total. The number of halogens is 2. The summed E-state index contributed by atoms with van der Waals surface area (Å²) in [5.41, 5.74) is 0.306. The summed E-state index contributed by atoms with van der Waals surface area (Å²) >= 11 is 0. The summed E-state index contributed by atoms with van der Waals surface area (Å²) < 4.78 is 55.5. The molecule has 9 heteroatoms. The molecule has 1 aromatic heterocycles. The number of aromatic amines is 1. The Morgan fingerprint density at radius 1 is 1.29 bits per heavy atom. The number of nitrogens with one attached hydrogen (secondary N) is 2. The minimum absolute atomic E-state index is 0.0766. The van der Waals surface area contributed by atoms with Crippen molar-refractivity contribution in [3.63, 3.8) is 0 Å². The minimum Gasteiger partial charge on any atom is -0.434 e. The zero-order chi connectivity index (χ0) is 15.5. The molecule has 0 fully saturated rings. The van der Waals surface area contributed by atoms with Crippen LogP contribution >= 0.6 is 0 Å². The van der Waals surface area contributed by atoms with Gasteiger partial charge in [0.25, 0.3) is 10.0 Å². The van der Waals surface area contributed by atoms with Gasteiger partial charge in [0.1, 0.15) is 5.75 Å². The molecule has 0 saturated heterocycles. The lowest BCUT2D eigenvalue weighted by molar-refractivity contribution is -0.0506. The maximum atomic E-state index is 12.4. The third-order valence-corrected chi connectivity index (χ3v) is 4.17. The molecule has 0 radical (unpaired) electrons. The third kappa shape index (κ3) is 3.76. The Morgan fingerprint density at radius 2 is 2.00 bits per heavy atom. The SMILES string of the molecule is CC(NS(=O)(=O)c1ccn[nH]1)c1ccccc1OC(F)F. The van der Waals surface area contributed by atoms with Gasteiger partial charge in [-0.1, -0.05) is 18.2 Å². The first-order chi connectivity index (χ1) is 9.90. The van der Waals surface area contributed by atoms with Crippen molar-refractivity contribution in [3.05, 3.63) is 42.1 Å². The topological polar surface area (TPSA) is 84.1 Å². The second kappa shape index (κ2) is 6.19. The van der Waals surface area contributed by atoms with Crippen molar-refractivity contribution in [3.8, 4) is 5.75 Å². The van der Waals surface area contributed by atoms with Gasteiger partial charge in [-0.15, -0.1) is 0 Å². The molecule has 0 amide bonds. The van der Waals surface area contributed by atoms with E-state index in [2.05, 4.69) is 19.7 Å². The predicted molar refractivity (Wildman–Crippen MR) is 70.4 cm³/mol. The van der Waals surface area contributed by atoms with Gasteiger partial charge in [-0.25, -0.2) is 13.1 Å². The van der Waals surface area contributed by atoms with Crippen molar-refractivity contribution in [2.75, 3.05) is 0 Å². The van der Waals surface area contributed by atoms with E-state index < -0.39 is 22.7 Å². The summed E-state index contributed by atoms with van der Waals surface area (Å²) in [6.07, 6.45) is 1.30. The van der Waals surface area contributed by atoms with E-state index in [1.165, 1.54) is 37.4 Å². The van der Waals surface area contributed by atoms with Crippen LogP contribution in [-0.4, -0.2) is 25.2 Å². The van der Waals surface area contributed by atoms with E-state index in [9.17, 15) is 17.2 Å². The molecule has 114 valence electrons.